The highest BCUT2D eigenvalue weighted by Crippen LogP contribution is 2.26. The van der Waals surface area contributed by atoms with Crippen molar-refractivity contribution in [1.29, 1.82) is 0 Å². The van der Waals surface area contributed by atoms with Crippen molar-refractivity contribution in [1.82, 2.24) is 10.6 Å². The average Bonchev–Trinajstić information content (AvgIpc) is 2.48. The summed E-state index contributed by atoms with van der Waals surface area (Å²) in [4.78, 5) is 12.1. The first kappa shape index (κ1) is 14.8. The van der Waals surface area contributed by atoms with Crippen LogP contribution in [-0.4, -0.2) is 25.5 Å². The lowest BCUT2D eigenvalue weighted by Gasteiger charge is -2.28. The Balaban J connectivity index is 1.59. The SMILES string of the molecule is CNC1CCC(C(=O)NCCC2CCCCC2)CC1. The van der Waals surface area contributed by atoms with Crippen LogP contribution < -0.4 is 10.6 Å². The van der Waals surface area contributed by atoms with Crippen molar-refractivity contribution in [2.24, 2.45) is 11.8 Å². The van der Waals surface area contributed by atoms with Crippen LogP contribution in [0.1, 0.15) is 64.2 Å². The van der Waals surface area contributed by atoms with Gasteiger partial charge in [-0.1, -0.05) is 32.1 Å². The summed E-state index contributed by atoms with van der Waals surface area (Å²) in [7, 11) is 2.02. The summed E-state index contributed by atoms with van der Waals surface area (Å²) in [5, 5.41) is 6.49. The van der Waals surface area contributed by atoms with Gasteiger partial charge in [0, 0.05) is 18.5 Å². The maximum Gasteiger partial charge on any atom is 0.223 e. The van der Waals surface area contributed by atoms with Crippen molar-refractivity contribution in [2.75, 3.05) is 13.6 Å². The minimum atomic E-state index is 0.274. The predicted molar refractivity (Wildman–Crippen MR) is 79.0 cm³/mol. The highest BCUT2D eigenvalue weighted by atomic mass is 16.1. The first-order chi connectivity index (χ1) is 9.29. The second-order valence-corrected chi connectivity index (χ2v) is 6.42. The zero-order valence-corrected chi connectivity index (χ0v) is 12.4. The number of carbonyl (C=O) groups is 1. The molecule has 2 saturated carbocycles. The van der Waals surface area contributed by atoms with Gasteiger partial charge in [0.15, 0.2) is 0 Å². The number of amides is 1. The molecule has 0 atom stereocenters. The lowest BCUT2D eigenvalue weighted by atomic mass is 9.85. The standard InChI is InChI=1S/C16H30N2O/c1-17-15-9-7-14(8-10-15)16(19)18-12-11-13-5-3-2-4-6-13/h13-15,17H,2-12H2,1H3,(H,18,19). The average molecular weight is 266 g/mol. The number of rotatable bonds is 5. The number of nitrogens with one attached hydrogen (secondary N) is 2. The first-order valence-electron chi connectivity index (χ1n) is 8.24. The molecule has 2 aliphatic carbocycles. The second-order valence-electron chi connectivity index (χ2n) is 6.42. The van der Waals surface area contributed by atoms with E-state index in [4.69, 9.17) is 0 Å². The van der Waals surface area contributed by atoms with Crippen LogP contribution in [0.2, 0.25) is 0 Å². The maximum atomic E-state index is 12.1. The van der Waals surface area contributed by atoms with Crippen LogP contribution in [0.4, 0.5) is 0 Å². The van der Waals surface area contributed by atoms with Crippen molar-refractivity contribution in [3.8, 4) is 0 Å². The van der Waals surface area contributed by atoms with Crippen LogP contribution in [0.3, 0.4) is 0 Å². The Morgan fingerprint density at radius 2 is 1.68 bits per heavy atom. The molecule has 0 spiro atoms. The fourth-order valence-electron chi connectivity index (χ4n) is 3.66. The molecule has 0 bridgehead atoms. The fraction of sp³-hybridized carbons (Fsp3) is 0.938. The summed E-state index contributed by atoms with van der Waals surface area (Å²) in [6.07, 6.45) is 12.6. The van der Waals surface area contributed by atoms with E-state index in [1.807, 2.05) is 7.05 Å². The molecule has 110 valence electrons. The lowest BCUT2D eigenvalue weighted by molar-refractivity contribution is -0.126. The summed E-state index contributed by atoms with van der Waals surface area (Å²) in [6, 6.07) is 0.631. The van der Waals surface area contributed by atoms with Gasteiger partial charge < -0.3 is 10.6 Å². The number of hydrogen-bond acceptors (Lipinski definition) is 2. The smallest absolute Gasteiger partial charge is 0.223 e. The summed E-state index contributed by atoms with van der Waals surface area (Å²) < 4.78 is 0. The molecule has 0 heterocycles. The van der Waals surface area contributed by atoms with Gasteiger partial charge in [0.25, 0.3) is 0 Å². The van der Waals surface area contributed by atoms with E-state index < -0.39 is 0 Å². The predicted octanol–water partition coefficient (Wildman–Crippen LogP) is 2.85. The fourth-order valence-corrected chi connectivity index (χ4v) is 3.66. The third-order valence-corrected chi connectivity index (χ3v) is 5.08. The Labute approximate surface area is 117 Å². The topological polar surface area (TPSA) is 41.1 Å². The monoisotopic (exact) mass is 266 g/mol. The zero-order valence-electron chi connectivity index (χ0n) is 12.4. The molecule has 0 radical (unpaired) electrons. The molecule has 0 aliphatic heterocycles. The van der Waals surface area contributed by atoms with E-state index in [1.165, 1.54) is 38.5 Å². The van der Waals surface area contributed by atoms with Gasteiger partial charge in [-0.05, 0) is 45.1 Å². The molecule has 2 N–H and O–H groups in total. The van der Waals surface area contributed by atoms with Crippen LogP contribution in [0, 0.1) is 11.8 Å². The van der Waals surface area contributed by atoms with Gasteiger partial charge in [0.2, 0.25) is 5.91 Å². The zero-order chi connectivity index (χ0) is 13.5. The third-order valence-electron chi connectivity index (χ3n) is 5.08. The van der Waals surface area contributed by atoms with Crippen molar-refractivity contribution >= 4 is 5.91 Å². The van der Waals surface area contributed by atoms with Gasteiger partial charge in [-0.3, -0.25) is 4.79 Å². The summed E-state index contributed by atoms with van der Waals surface area (Å²) in [5.74, 6) is 1.45. The van der Waals surface area contributed by atoms with Gasteiger partial charge >= 0.3 is 0 Å². The van der Waals surface area contributed by atoms with E-state index in [0.29, 0.717) is 11.9 Å². The lowest BCUT2D eigenvalue weighted by Crippen LogP contribution is -2.38. The molecular formula is C16H30N2O. The van der Waals surface area contributed by atoms with Crippen molar-refractivity contribution in [3.05, 3.63) is 0 Å². The third kappa shape index (κ3) is 4.79. The van der Waals surface area contributed by atoms with Crippen molar-refractivity contribution in [2.45, 2.75) is 70.3 Å². The van der Waals surface area contributed by atoms with Crippen LogP contribution in [0.15, 0.2) is 0 Å². The molecule has 0 unspecified atom stereocenters. The Morgan fingerprint density at radius 3 is 2.32 bits per heavy atom. The summed E-state index contributed by atoms with van der Waals surface area (Å²) in [6.45, 7) is 0.898. The van der Waals surface area contributed by atoms with Gasteiger partial charge in [-0.2, -0.15) is 0 Å². The van der Waals surface area contributed by atoms with Gasteiger partial charge in [-0.25, -0.2) is 0 Å². The van der Waals surface area contributed by atoms with E-state index in [0.717, 1.165) is 38.1 Å². The number of carbonyl (C=O) groups excluding carboxylic acids is 1. The van der Waals surface area contributed by atoms with Crippen LogP contribution in [-0.2, 0) is 4.79 Å². The Hall–Kier alpha value is -0.570. The van der Waals surface area contributed by atoms with Crippen LogP contribution in [0.25, 0.3) is 0 Å². The minimum absolute atomic E-state index is 0.274. The Morgan fingerprint density at radius 1 is 1.00 bits per heavy atom. The van der Waals surface area contributed by atoms with Gasteiger partial charge in [-0.15, -0.1) is 0 Å². The minimum Gasteiger partial charge on any atom is -0.356 e. The van der Waals surface area contributed by atoms with Crippen LogP contribution in [0.5, 0.6) is 0 Å². The molecule has 0 aromatic carbocycles. The summed E-state index contributed by atoms with van der Waals surface area (Å²) in [5.41, 5.74) is 0. The van der Waals surface area contributed by atoms with E-state index >= 15 is 0 Å². The highest BCUT2D eigenvalue weighted by Gasteiger charge is 2.25. The molecule has 3 heteroatoms. The van der Waals surface area contributed by atoms with Crippen molar-refractivity contribution < 1.29 is 4.79 Å². The molecule has 0 saturated heterocycles. The molecule has 0 aromatic rings. The highest BCUT2D eigenvalue weighted by molar-refractivity contribution is 5.78. The molecule has 1 amide bonds. The van der Waals surface area contributed by atoms with E-state index in [2.05, 4.69) is 10.6 Å². The molecular weight excluding hydrogens is 236 g/mol. The molecule has 2 aliphatic rings. The maximum absolute atomic E-state index is 12.1. The van der Waals surface area contributed by atoms with E-state index in [-0.39, 0.29) is 5.92 Å². The Bertz CT molecular complexity index is 266. The molecule has 0 aromatic heterocycles. The van der Waals surface area contributed by atoms with Gasteiger partial charge in [0.05, 0.1) is 0 Å². The van der Waals surface area contributed by atoms with Crippen molar-refractivity contribution in [3.63, 3.8) is 0 Å². The van der Waals surface area contributed by atoms with Gasteiger partial charge in [0.1, 0.15) is 0 Å². The second kappa shape index (κ2) is 7.88. The number of hydrogen-bond donors (Lipinski definition) is 2. The molecule has 2 fully saturated rings. The Kier molecular flexibility index (Phi) is 6.15. The van der Waals surface area contributed by atoms with E-state index in [9.17, 15) is 4.79 Å². The quantitative estimate of drug-likeness (QED) is 0.803. The molecule has 19 heavy (non-hydrogen) atoms. The van der Waals surface area contributed by atoms with E-state index in [1.54, 1.807) is 0 Å². The molecule has 3 nitrogen and oxygen atoms in total. The summed E-state index contributed by atoms with van der Waals surface area (Å²) >= 11 is 0. The first-order valence-corrected chi connectivity index (χ1v) is 8.24. The largest absolute Gasteiger partial charge is 0.356 e. The normalized spacial score (nSPS) is 29.1. The van der Waals surface area contributed by atoms with Crippen LogP contribution >= 0.6 is 0 Å². The molecule has 2 rings (SSSR count).